The minimum Gasteiger partial charge on any atom is -0.494 e. The van der Waals surface area contributed by atoms with E-state index in [1.54, 1.807) is 0 Å². The maximum atomic E-state index is 11.5. The van der Waals surface area contributed by atoms with Gasteiger partial charge in [0.2, 0.25) is 11.8 Å². The maximum absolute atomic E-state index is 11.5. The average Bonchev–Trinajstić information content (AvgIpc) is 2.48. The molecule has 2 amide bonds. The summed E-state index contributed by atoms with van der Waals surface area (Å²) < 4.78 is 5.48. The largest absolute Gasteiger partial charge is 0.494 e. The second-order valence-corrected chi connectivity index (χ2v) is 4.39. The Kier molecular flexibility index (Phi) is 7.87. The molecule has 0 aliphatic heterocycles. The highest BCUT2D eigenvalue weighted by atomic mass is 16.5. The van der Waals surface area contributed by atoms with Crippen LogP contribution in [0.4, 0.5) is 0 Å². The van der Waals surface area contributed by atoms with Crippen LogP contribution in [0, 0.1) is 0 Å². The second kappa shape index (κ2) is 9.83. The van der Waals surface area contributed by atoms with Crippen LogP contribution in [-0.2, 0) is 9.59 Å². The molecule has 0 unspecified atom stereocenters. The molecule has 1 aromatic carbocycles. The van der Waals surface area contributed by atoms with E-state index >= 15 is 0 Å². The van der Waals surface area contributed by atoms with Crippen molar-refractivity contribution in [1.29, 1.82) is 0 Å². The summed E-state index contributed by atoms with van der Waals surface area (Å²) in [6.45, 7) is 3.14. The van der Waals surface area contributed by atoms with Crippen molar-refractivity contribution in [3.8, 4) is 5.75 Å². The van der Waals surface area contributed by atoms with Crippen molar-refractivity contribution in [2.45, 2.75) is 26.2 Å². The number of hydrogen-bond acceptors (Lipinski definition) is 3. The molecule has 20 heavy (non-hydrogen) atoms. The number of hydrogen-bond donors (Lipinski definition) is 2. The van der Waals surface area contributed by atoms with Crippen molar-refractivity contribution in [2.24, 2.45) is 0 Å². The molecule has 0 heterocycles. The third-order valence-electron chi connectivity index (χ3n) is 2.58. The Morgan fingerprint density at radius 3 is 2.55 bits per heavy atom. The van der Waals surface area contributed by atoms with Crippen molar-refractivity contribution < 1.29 is 14.3 Å². The van der Waals surface area contributed by atoms with E-state index in [0.717, 1.165) is 12.2 Å². The Morgan fingerprint density at radius 2 is 1.85 bits per heavy atom. The number of carbonyl (C=O) groups is 2. The summed E-state index contributed by atoms with van der Waals surface area (Å²) in [7, 11) is 0. The van der Waals surface area contributed by atoms with Crippen LogP contribution < -0.4 is 15.4 Å². The molecule has 0 fully saturated rings. The zero-order valence-electron chi connectivity index (χ0n) is 11.9. The van der Waals surface area contributed by atoms with Gasteiger partial charge >= 0.3 is 0 Å². The molecule has 5 nitrogen and oxygen atoms in total. The first-order valence-corrected chi connectivity index (χ1v) is 6.93. The number of nitrogens with one attached hydrogen (secondary N) is 2. The lowest BCUT2D eigenvalue weighted by atomic mass is 10.3. The molecule has 1 rings (SSSR count). The Balaban J connectivity index is 2.04. The van der Waals surface area contributed by atoms with Crippen molar-refractivity contribution in [3.05, 3.63) is 30.3 Å². The first-order chi connectivity index (χ1) is 9.72. The molecule has 5 heteroatoms. The molecule has 2 N–H and O–H groups in total. The number of amides is 2. The van der Waals surface area contributed by atoms with Gasteiger partial charge in [0.05, 0.1) is 13.2 Å². The molecule has 0 aliphatic rings. The van der Waals surface area contributed by atoms with E-state index in [-0.39, 0.29) is 18.4 Å². The molecule has 0 aliphatic carbocycles. The molecule has 0 aromatic heterocycles. The van der Waals surface area contributed by atoms with Gasteiger partial charge in [0.25, 0.3) is 0 Å². The molecule has 0 saturated heterocycles. The van der Waals surface area contributed by atoms with Gasteiger partial charge in [0, 0.05) is 13.0 Å². The van der Waals surface area contributed by atoms with Crippen LogP contribution in [0.2, 0.25) is 0 Å². The first-order valence-electron chi connectivity index (χ1n) is 6.93. The highest BCUT2D eigenvalue weighted by molar-refractivity contribution is 5.84. The fraction of sp³-hybridized carbons (Fsp3) is 0.467. The van der Waals surface area contributed by atoms with E-state index in [1.807, 2.05) is 37.3 Å². The minimum absolute atomic E-state index is 0.0401. The molecule has 0 bridgehead atoms. The van der Waals surface area contributed by atoms with Crippen LogP contribution in [0.1, 0.15) is 26.2 Å². The lowest BCUT2D eigenvalue weighted by Crippen LogP contribution is -2.37. The highest BCUT2D eigenvalue weighted by Crippen LogP contribution is 2.08. The smallest absolute Gasteiger partial charge is 0.239 e. The van der Waals surface area contributed by atoms with Gasteiger partial charge in [-0.25, -0.2) is 0 Å². The monoisotopic (exact) mass is 278 g/mol. The average molecular weight is 278 g/mol. The Labute approximate surface area is 119 Å². The van der Waals surface area contributed by atoms with Crippen LogP contribution in [0.3, 0.4) is 0 Å². The van der Waals surface area contributed by atoms with E-state index in [9.17, 15) is 9.59 Å². The number of carbonyl (C=O) groups excluding carboxylic acids is 2. The number of rotatable bonds is 9. The predicted octanol–water partition coefficient (Wildman–Crippen LogP) is 1.49. The van der Waals surface area contributed by atoms with Crippen LogP contribution in [0.15, 0.2) is 30.3 Å². The van der Waals surface area contributed by atoms with Crippen molar-refractivity contribution in [1.82, 2.24) is 10.6 Å². The van der Waals surface area contributed by atoms with Gasteiger partial charge in [-0.1, -0.05) is 25.1 Å². The SMILES string of the molecule is CCCNC(=O)CNC(=O)CCCOc1ccccc1. The van der Waals surface area contributed by atoms with Crippen molar-refractivity contribution in [2.75, 3.05) is 19.7 Å². The van der Waals surface area contributed by atoms with E-state index in [0.29, 0.717) is 26.0 Å². The van der Waals surface area contributed by atoms with Crippen LogP contribution in [0.5, 0.6) is 5.75 Å². The van der Waals surface area contributed by atoms with Crippen molar-refractivity contribution >= 4 is 11.8 Å². The molecule has 0 spiro atoms. The van der Waals surface area contributed by atoms with Gasteiger partial charge in [-0.3, -0.25) is 9.59 Å². The Hall–Kier alpha value is -2.04. The molecule has 0 atom stereocenters. The highest BCUT2D eigenvalue weighted by Gasteiger charge is 2.04. The Bertz CT molecular complexity index is 407. The van der Waals surface area contributed by atoms with Gasteiger partial charge in [0.15, 0.2) is 0 Å². The van der Waals surface area contributed by atoms with Gasteiger partial charge in [-0.05, 0) is 25.0 Å². The summed E-state index contributed by atoms with van der Waals surface area (Å²) in [4.78, 5) is 22.8. The van der Waals surface area contributed by atoms with Crippen molar-refractivity contribution in [3.63, 3.8) is 0 Å². The van der Waals surface area contributed by atoms with Gasteiger partial charge < -0.3 is 15.4 Å². The summed E-state index contributed by atoms with van der Waals surface area (Å²) in [6.07, 6.45) is 1.86. The van der Waals surface area contributed by atoms with Crippen LogP contribution >= 0.6 is 0 Å². The molecule has 0 radical (unpaired) electrons. The topological polar surface area (TPSA) is 67.4 Å². The maximum Gasteiger partial charge on any atom is 0.239 e. The lowest BCUT2D eigenvalue weighted by Gasteiger charge is -2.07. The summed E-state index contributed by atoms with van der Waals surface area (Å²) >= 11 is 0. The summed E-state index contributed by atoms with van der Waals surface area (Å²) in [5.74, 6) is 0.515. The molecule has 1 aromatic rings. The molecular formula is C15H22N2O3. The third kappa shape index (κ3) is 7.41. The molecule has 0 saturated carbocycles. The van der Waals surface area contributed by atoms with E-state index in [1.165, 1.54) is 0 Å². The predicted molar refractivity (Wildman–Crippen MR) is 77.5 cm³/mol. The zero-order valence-corrected chi connectivity index (χ0v) is 11.9. The lowest BCUT2D eigenvalue weighted by molar-refractivity contribution is -0.126. The second-order valence-electron chi connectivity index (χ2n) is 4.39. The van der Waals surface area contributed by atoms with E-state index in [2.05, 4.69) is 10.6 Å². The summed E-state index contributed by atoms with van der Waals surface area (Å²) in [5, 5.41) is 5.28. The fourth-order valence-electron chi connectivity index (χ4n) is 1.53. The molecular weight excluding hydrogens is 256 g/mol. The third-order valence-corrected chi connectivity index (χ3v) is 2.58. The number of ether oxygens (including phenoxy) is 1. The minimum atomic E-state index is -0.152. The van der Waals surface area contributed by atoms with Crippen LogP contribution in [0.25, 0.3) is 0 Å². The van der Waals surface area contributed by atoms with E-state index < -0.39 is 0 Å². The van der Waals surface area contributed by atoms with E-state index in [4.69, 9.17) is 4.74 Å². The summed E-state index contributed by atoms with van der Waals surface area (Å²) in [5.41, 5.74) is 0. The Morgan fingerprint density at radius 1 is 1.10 bits per heavy atom. The quantitative estimate of drug-likeness (QED) is 0.672. The normalized spacial score (nSPS) is 9.85. The zero-order chi connectivity index (χ0) is 14.6. The number of benzene rings is 1. The first kappa shape index (κ1) is 16.0. The number of para-hydroxylation sites is 1. The fourth-order valence-corrected chi connectivity index (χ4v) is 1.53. The van der Waals surface area contributed by atoms with Gasteiger partial charge in [-0.15, -0.1) is 0 Å². The summed E-state index contributed by atoms with van der Waals surface area (Å²) in [6, 6.07) is 9.47. The molecule has 110 valence electrons. The standard InChI is InChI=1S/C15H22N2O3/c1-2-10-16-15(19)12-17-14(18)9-6-11-20-13-7-4-3-5-8-13/h3-5,7-8H,2,6,9-12H2,1H3,(H,16,19)(H,17,18). The van der Waals surface area contributed by atoms with Gasteiger partial charge in [-0.2, -0.15) is 0 Å². The van der Waals surface area contributed by atoms with Gasteiger partial charge in [0.1, 0.15) is 5.75 Å². The van der Waals surface area contributed by atoms with Crippen LogP contribution in [-0.4, -0.2) is 31.5 Å².